The summed E-state index contributed by atoms with van der Waals surface area (Å²) in [6, 6.07) is 2.58. The van der Waals surface area contributed by atoms with Crippen molar-refractivity contribution >= 4 is 29.2 Å². The fourth-order valence-electron chi connectivity index (χ4n) is 1.35. The fraction of sp³-hybridized carbons (Fsp3) is 0.385. The maximum absolute atomic E-state index is 12.0. The minimum Gasteiger partial charge on any atom is -0.496 e. The second-order valence-corrected chi connectivity index (χ2v) is 4.91. The third-order valence-corrected chi connectivity index (χ3v) is 3.14. The van der Waals surface area contributed by atoms with Gasteiger partial charge in [0.25, 0.3) is 5.91 Å². The number of aromatic carboxylic acids is 1. The Morgan fingerprint density at radius 1 is 1.30 bits per heavy atom. The van der Waals surface area contributed by atoms with Gasteiger partial charge in [-0.15, -0.1) is 0 Å². The SMILES string of the molecule is COc1cc(NC(=O)C(C)(C)OC)c(Cl)cc1C(=O)O. The number of methoxy groups -OCH3 is 2. The van der Waals surface area contributed by atoms with Crippen LogP contribution in [0.5, 0.6) is 5.75 Å². The normalized spacial score (nSPS) is 11.1. The molecule has 1 rings (SSSR count). The summed E-state index contributed by atoms with van der Waals surface area (Å²) in [7, 11) is 2.75. The molecule has 1 aromatic rings. The molecule has 6 nitrogen and oxygen atoms in total. The summed E-state index contributed by atoms with van der Waals surface area (Å²) in [5.74, 6) is -1.47. The van der Waals surface area contributed by atoms with Gasteiger partial charge < -0.3 is 19.9 Å². The van der Waals surface area contributed by atoms with E-state index in [2.05, 4.69) is 5.32 Å². The van der Waals surface area contributed by atoms with Crippen molar-refractivity contribution in [3.8, 4) is 5.75 Å². The second-order valence-electron chi connectivity index (χ2n) is 4.51. The molecule has 0 unspecified atom stereocenters. The summed E-state index contributed by atoms with van der Waals surface area (Å²) in [4.78, 5) is 23.0. The predicted octanol–water partition coefficient (Wildman–Crippen LogP) is 2.41. The fourth-order valence-corrected chi connectivity index (χ4v) is 1.56. The van der Waals surface area contributed by atoms with Crippen LogP contribution in [0.3, 0.4) is 0 Å². The minimum absolute atomic E-state index is 0.0819. The molecule has 1 amide bonds. The first-order valence-corrected chi connectivity index (χ1v) is 6.08. The highest BCUT2D eigenvalue weighted by atomic mass is 35.5. The number of carbonyl (C=O) groups is 2. The van der Waals surface area contributed by atoms with Crippen LogP contribution in [-0.2, 0) is 9.53 Å². The van der Waals surface area contributed by atoms with Crippen molar-refractivity contribution in [2.24, 2.45) is 0 Å². The summed E-state index contributed by atoms with van der Waals surface area (Å²) in [5.41, 5.74) is -0.868. The van der Waals surface area contributed by atoms with Gasteiger partial charge in [-0.2, -0.15) is 0 Å². The van der Waals surface area contributed by atoms with E-state index < -0.39 is 17.5 Å². The maximum Gasteiger partial charge on any atom is 0.339 e. The average Bonchev–Trinajstić information content (AvgIpc) is 2.40. The average molecular weight is 302 g/mol. The maximum atomic E-state index is 12.0. The van der Waals surface area contributed by atoms with Gasteiger partial charge in [0.15, 0.2) is 0 Å². The van der Waals surface area contributed by atoms with Crippen molar-refractivity contribution in [1.82, 2.24) is 0 Å². The lowest BCUT2D eigenvalue weighted by Crippen LogP contribution is -2.38. The van der Waals surface area contributed by atoms with Gasteiger partial charge in [-0.1, -0.05) is 11.6 Å². The molecule has 2 N–H and O–H groups in total. The number of hydrogen-bond acceptors (Lipinski definition) is 4. The number of nitrogens with one attached hydrogen (secondary N) is 1. The zero-order valence-corrected chi connectivity index (χ0v) is 12.4. The largest absolute Gasteiger partial charge is 0.496 e. The Balaban J connectivity index is 3.15. The number of anilines is 1. The topological polar surface area (TPSA) is 84.9 Å². The number of ether oxygens (including phenoxy) is 2. The molecule has 1 aromatic carbocycles. The van der Waals surface area contributed by atoms with E-state index in [-0.39, 0.29) is 22.0 Å². The Morgan fingerprint density at radius 3 is 2.35 bits per heavy atom. The lowest BCUT2D eigenvalue weighted by Gasteiger charge is -2.22. The highest BCUT2D eigenvalue weighted by Gasteiger charge is 2.28. The van der Waals surface area contributed by atoms with Crippen LogP contribution in [0.2, 0.25) is 5.02 Å². The predicted molar refractivity (Wildman–Crippen MR) is 74.7 cm³/mol. The van der Waals surface area contributed by atoms with E-state index in [1.807, 2.05) is 0 Å². The van der Waals surface area contributed by atoms with Crippen LogP contribution in [0.15, 0.2) is 12.1 Å². The summed E-state index contributed by atoms with van der Waals surface area (Å²) >= 11 is 5.97. The van der Waals surface area contributed by atoms with Gasteiger partial charge in [-0.05, 0) is 19.9 Å². The van der Waals surface area contributed by atoms with Crippen LogP contribution < -0.4 is 10.1 Å². The monoisotopic (exact) mass is 301 g/mol. The van der Waals surface area contributed by atoms with Gasteiger partial charge in [0, 0.05) is 13.2 Å². The van der Waals surface area contributed by atoms with Gasteiger partial charge in [0.05, 0.1) is 17.8 Å². The summed E-state index contributed by atoms with van der Waals surface area (Å²) in [5, 5.41) is 11.7. The molecule has 0 aromatic heterocycles. The second kappa shape index (κ2) is 6.11. The Hall–Kier alpha value is -1.79. The molecule has 0 heterocycles. The van der Waals surface area contributed by atoms with Gasteiger partial charge in [0.1, 0.15) is 16.9 Å². The van der Waals surface area contributed by atoms with E-state index in [1.54, 1.807) is 13.8 Å². The van der Waals surface area contributed by atoms with Crippen molar-refractivity contribution in [1.29, 1.82) is 0 Å². The number of halogens is 1. The van der Waals surface area contributed by atoms with Gasteiger partial charge in [-0.25, -0.2) is 4.79 Å². The van der Waals surface area contributed by atoms with Gasteiger partial charge in [-0.3, -0.25) is 4.79 Å². The van der Waals surface area contributed by atoms with Gasteiger partial charge in [0.2, 0.25) is 0 Å². The van der Waals surface area contributed by atoms with Crippen molar-refractivity contribution in [3.63, 3.8) is 0 Å². The lowest BCUT2D eigenvalue weighted by molar-refractivity contribution is -0.133. The summed E-state index contributed by atoms with van der Waals surface area (Å²) in [6.45, 7) is 3.19. The highest BCUT2D eigenvalue weighted by Crippen LogP contribution is 2.31. The van der Waals surface area contributed by atoms with E-state index in [0.29, 0.717) is 0 Å². The number of carboxylic acid groups (broad SMARTS) is 1. The molecule has 0 saturated heterocycles. The number of carbonyl (C=O) groups excluding carboxylic acids is 1. The summed E-state index contributed by atoms with van der Waals surface area (Å²) < 4.78 is 10.0. The van der Waals surface area contributed by atoms with Crippen LogP contribution in [0.4, 0.5) is 5.69 Å². The molecule has 0 fully saturated rings. The minimum atomic E-state index is -1.17. The number of carboxylic acids is 1. The smallest absolute Gasteiger partial charge is 0.339 e. The van der Waals surface area contributed by atoms with Crippen LogP contribution in [0.25, 0.3) is 0 Å². The molecule has 0 saturated carbocycles. The Morgan fingerprint density at radius 2 is 1.90 bits per heavy atom. The third-order valence-electron chi connectivity index (χ3n) is 2.82. The van der Waals surface area contributed by atoms with E-state index in [0.717, 1.165) is 0 Å². The first kappa shape index (κ1) is 16.3. The molecular formula is C13H16ClNO5. The van der Waals surface area contributed by atoms with Crippen molar-refractivity contribution < 1.29 is 24.2 Å². The molecule has 20 heavy (non-hydrogen) atoms. The Labute approximate surface area is 121 Å². The molecule has 0 aliphatic carbocycles. The quantitative estimate of drug-likeness (QED) is 0.872. The molecule has 0 spiro atoms. The zero-order valence-electron chi connectivity index (χ0n) is 11.6. The molecule has 0 atom stereocenters. The number of amides is 1. The molecule has 110 valence electrons. The standard InChI is InChI=1S/C13H16ClNO5/c1-13(2,20-4)12(18)15-9-6-10(19-3)7(11(16)17)5-8(9)14/h5-6H,1-4H3,(H,15,18)(H,16,17). The van der Waals surface area contributed by atoms with Crippen LogP contribution in [0.1, 0.15) is 24.2 Å². The first-order valence-electron chi connectivity index (χ1n) is 5.70. The summed E-state index contributed by atoms with van der Waals surface area (Å²) in [6.07, 6.45) is 0. The number of hydrogen-bond donors (Lipinski definition) is 2. The molecule has 0 radical (unpaired) electrons. The highest BCUT2D eigenvalue weighted by molar-refractivity contribution is 6.34. The molecule has 0 aliphatic heterocycles. The molecule has 0 bridgehead atoms. The number of benzene rings is 1. The van der Waals surface area contributed by atoms with Crippen LogP contribution >= 0.6 is 11.6 Å². The number of rotatable bonds is 5. The van der Waals surface area contributed by atoms with E-state index in [9.17, 15) is 9.59 Å². The molecule has 7 heteroatoms. The van der Waals surface area contributed by atoms with Crippen LogP contribution in [0, 0.1) is 0 Å². The Kier molecular flexibility index (Phi) is 4.97. The Bertz CT molecular complexity index is 542. The zero-order chi connectivity index (χ0) is 15.5. The molecular weight excluding hydrogens is 286 g/mol. The van der Waals surface area contributed by atoms with Crippen molar-refractivity contribution in [2.45, 2.75) is 19.4 Å². The van der Waals surface area contributed by atoms with E-state index in [1.165, 1.54) is 26.4 Å². The lowest BCUT2D eigenvalue weighted by atomic mass is 10.1. The third kappa shape index (κ3) is 3.40. The van der Waals surface area contributed by atoms with E-state index in [4.69, 9.17) is 26.2 Å². The van der Waals surface area contributed by atoms with Crippen molar-refractivity contribution in [2.75, 3.05) is 19.5 Å². The van der Waals surface area contributed by atoms with Crippen molar-refractivity contribution in [3.05, 3.63) is 22.7 Å². The first-order chi connectivity index (χ1) is 9.22. The van der Waals surface area contributed by atoms with E-state index >= 15 is 0 Å². The molecule has 0 aliphatic rings. The van der Waals surface area contributed by atoms with Crippen LogP contribution in [-0.4, -0.2) is 36.8 Å². The van der Waals surface area contributed by atoms with Gasteiger partial charge >= 0.3 is 5.97 Å².